The van der Waals surface area contributed by atoms with E-state index in [1.54, 1.807) is 0 Å². The SMILES string of the molecule is COC1C(C(=O)O)OC(O)C(O)C1OC. The molecule has 1 heterocycles. The summed E-state index contributed by atoms with van der Waals surface area (Å²) < 4.78 is 14.5. The van der Waals surface area contributed by atoms with Gasteiger partial charge in [-0.2, -0.15) is 0 Å². The first kappa shape index (κ1) is 12.3. The van der Waals surface area contributed by atoms with Gasteiger partial charge in [-0.1, -0.05) is 0 Å². The fraction of sp³-hybridized carbons (Fsp3) is 0.875. The second-order valence-corrected chi connectivity index (χ2v) is 3.18. The topological polar surface area (TPSA) is 105 Å². The molecule has 0 bridgehead atoms. The highest BCUT2D eigenvalue weighted by atomic mass is 16.7. The zero-order valence-electron chi connectivity index (χ0n) is 8.36. The van der Waals surface area contributed by atoms with E-state index in [4.69, 9.17) is 19.3 Å². The Labute approximate surface area is 86.2 Å². The molecule has 88 valence electrons. The normalized spacial score (nSPS) is 41.5. The van der Waals surface area contributed by atoms with Gasteiger partial charge in [-0.3, -0.25) is 0 Å². The summed E-state index contributed by atoms with van der Waals surface area (Å²) in [4.78, 5) is 10.8. The second kappa shape index (κ2) is 4.86. The van der Waals surface area contributed by atoms with Crippen molar-refractivity contribution in [3.63, 3.8) is 0 Å². The number of carboxylic acid groups (broad SMARTS) is 1. The van der Waals surface area contributed by atoms with Crippen LogP contribution in [0.1, 0.15) is 0 Å². The highest BCUT2D eigenvalue weighted by Gasteiger charge is 2.48. The summed E-state index contributed by atoms with van der Waals surface area (Å²) in [5.41, 5.74) is 0. The lowest BCUT2D eigenvalue weighted by atomic mass is 9.98. The molecule has 1 aliphatic rings. The molecule has 7 heteroatoms. The maximum Gasteiger partial charge on any atom is 0.335 e. The highest BCUT2D eigenvalue weighted by molar-refractivity contribution is 5.73. The first-order chi connectivity index (χ1) is 7.02. The van der Waals surface area contributed by atoms with Crippen molar-refractivity contribution in [3.05, 3.63) is 0 Å². The molecule has 0 aromatic carbocycles. The average Bonchev–Trinajstić information content (AvgIpc) is 2.20. The van der Waals surface area contributed by atoms with Gasteiger partial charge < -0.3 is 29.5 Å². The largest absolute Gasteiger partial charge is 0.479 e. The van der Waals surface area contributed by atoms with Gasteiger partial charge in [0.05, 0.1) is 0 Å². The van der Waals surface area contributed by atoms with Crippen molar-refractivity contribution >= 4 is 5.97 Å². The molecule has 3 N–H and O–H groups in total. The molecule has 0 aromatic heterocycles. The number of aliphatic hydroxyl groups excluding tert-OH is 2. The van der Waals surface area contributed by atoms with E-state index in [1.165, 1.54) is 14.2 Å². The molecular weight excluding hydrogens is 208 g/mol. The number of hydrogen-bond acceptors (Lipinski definition) is 6. The number of aliphatic carboxylic acids is 1. The van der Waals surface area contributed by atoms with E-state index in [9.17, 15) is 15.0 Å². The van der Waals surface area contributed by atoms with Gasteiger partial charge in [0, 0.05) is 14.2 Å². The van der Waals surface area contributed by atoms with Crippen LogP contribution in [-0.4, -0.2) is 66.2 Å². The maximum atomic E-state index is 10.8. The highest BCUT2D eigenvalue weighted by Crippen LogP contribution is 2.24. The molecule has 0 radical (unpaired) electrons. The Bertz CT molecular complexity index is 231. The number of hydrogen-bond donors (Lipinski definition) is 3. The zero-order chi connectivity index (χ0) is 11.6. The van der Waals surface area contributed by atoms with Gasteiger partial charge in [-0.05, 0) is 0 Å². The number of aliphatic hydroxyl groups is 2. The molecular formula is C8H14O7. The Morgan fingerprint density at radius 1 is 1.20 bits per heavy atom. The predicted molar refractivity (Wildman–Crippen MR) is 46.1 cm³/mol. The lowest BCUT2D eigenvalue weighted by Crippen LogP contribution is -2.60. The van der Waals surface area contributed by atoms with Gasteiger partial charge in [0.2, 0.25) is 0 Å². The van der Waals surface area contributed by atoms with Crippen LogP contribution < -0.4 is 0 Å². The number of methoxy groups -OCH3 is 2. The summed E-state index contributed by atoms with van der Waals surface area (Å²) in [6, 6.07) is 0. The van der Waals surface area contributed by atoms with Gasteiger partial charge in [0.1, 0.15) is 18.3 Å². The number of rotatable bonds is 3. The van der Waals surface area contributed by atoms with E-state index < -0.39 is 36.7 Å². The predicted octanol–water partition coefficient (Wildman–Crippen LogP) is -1.82. The van der Waals surface area contributed by atoms with Crippen molar-refractivity contribution in [2.45, 2.75) is 30.7 Å². The van der Waals surface area contributed by atoms with Gasteiger partial charge in [0.15, 0.2) is 12.4 Å². The number of ether oxygens (including phenoxy) is 3. The van der Waals surface area contributed by atoms with E-state index in [0.29, 0.717) is 0 Å². The van der Waals surface area contributed by atoms with Crippen LogP contribution in [0, 0.1) is 0 Å². The van der Waals surface area contributed by atoms with E-state index >= 15 is 0 Å². The van der Waals surface area contributed by atoms with Gasteiger partial charge in [-0.25, -0.2) is 4.79 Å². The van der Waals surface area contributed by atoms with Crippen molar-refractivity contribution in [2.75, 3.05) is 14.2 Å². The second-order valence-electron chi connectivity index (χ2n) is 3.18. The van der Waals surface area contributed by atoms with Crippen LogP contribution in [0.25, 0.3) is 0 Å². The van der Waals surface area contributed by atoms with Crippen LogP contribution >= 0.6 is 0 Å². The smallest absolute Gasteiger partial charge is 0.335 e. The number of carbonyl (C=O) groups is 1. The molecule has 0 aromatic rings. The molecule has 1 rings (SSSR count). The Morgan fingerprint density at radius 3 is 2.13 bits per heavy atom. The molecule has 0 amide bonds. The van der Waals surface area contributed by atoms with Gasteiger partial charge >= 0.3 is 5.97 Å². The average molecular weight is 222 g/mol. The quantitative estimate of drug-likeness (QED) is 0.516. The van der Waals surface area contributed by atoms with Crippen molar-refractivity contribution < 1.29 is 34.3 Å². The molecule has 1 fully saturated rings. The molecule has 7 nitrogen and oxygen atoms in total. The van der Waals surface area contributed by atoms with Gasteiger partial charge in [0.25, 0.3) is 0 Å². The van der Waals surface area contributed by atoms with Gasteiger partial charge in [-0.15, -0.1) is 0 Å². The minimum Gasteiger partial charge on any atom is -0.479 e. The summed E-state index contributed by atoms with van der Waals surface area (Å²) in [5.74, 6) is -1.28. The summed E-state index contributed by atoms with van der Waals surface area (Å²) in [7, 11) is 2.57. The zero-order valence-corrected chi connectivity index (χ0v) is 8.36. The fourth-order valence-electron chi connectivity index (χ4n) is 1.57. The van der Waals surface area contributed by atoms with Crippen LogP contribution in [0.2, 0.25) is 0 Å². The third-order valence-corrected chi connectivity index (χ3v) is 2.32. The molecule has 0 aliphatic carbocycles. The molecule has 5 unspecified atom stereocenters. The third-order valence-electron chi connectivity index (χ3n) is 2.32. The van der Waals surface area contributed by atoms with Crippen molar-refractivity contribution in [1.29, 1.82) is 0 Å². The molecule has 5 atom stereocenters. The van der Waals surface area contributed by atoms with E-state index in [0.717, 1.165) is 0 Å². The van der Waals surface area contributed by atoms with Crippen LogP contribution in [0.4, 0.5) is 0 Å². The summed E-state index contributed by atoms with van der Waals surface area (Å²) in [5, 5.41) is 27.5. The first-order valence-corrected chi connectivity index (χ1v) is 4.33. The Morgan fingerprint density at radius 2 is 1.73 bits per heavy atom. The molecule has 15 heavy (non-hydrogen) atoms. The molecule has 0 spiro atoms. The Kier molecular flexibility index (Phi) is 4.00. The van der Waals surface area contributed by atoms with Crippen molar-refractivity contribution in [2.24, 2.45) is 0 Å². The number of carboxylic acids is 1. The maximum absolute atomic E-state index is 10.8. The molecule has 0 saturated carbocycles. The van der Waals surface area contributed by atoms with E-state index in [-0.39, 0.29) is 0 Å². The monoisotopic (exact) mass is 222 g/mol. The van der Waals surface area contributed by atoms with Crippen LogP contribution in [0.3, 0.4) is 0 Å². The fourth-order valence-corrected chi connectivity index (χ4v) is 1.57. The van der Waals surface area contributed by atoms with E-state index in [2.05, 4.69) is 0 Å². The lowest BCUT2D eigenvalue weighted by Gasteiger charge is -2.39. The van der Waals surface area contributed by atoms with Crippen molar-refractivity contribution in [1.82, 2.24) is 0 Å². The standard InChI is InChI=1S/C8H14O7/c1-13-4-3(9)8(12)15-6(7(10)11)5(4)14-2/h3-6,8-9,12H,1-2H3,(H,10,11). The lowest BCUT2D eigenvalue weighted by molar-refractivity contribution is -0.287. The summed E-state index contributed by atoms with van der Waals surface area (Å²) in [6.45, 7) is 0. The minimum absolute atomic E-state index is 0.945. The van der Waals surface area contributed by atoms with Crippen LogP contribution in [0.15, 0.2) is 0 Å². The third kappa shape index (κ3) is 2.27. The van der Waals surface area contributed by atoms with E-state index in [1.807, 2.05) is 0 Å². The van der Waals surface area contributed by atoms with Crippen molar-refractivity contribution in [3.8, 4) is 0 Å². The molecule has 1 saturated heterocycles. The van der Waals surface area contributed by atoms with Crippen LogP contribution in [0.5, 0.6) is 0 Å². The summed E-state index contributed by atoms with van der Waals surface area (Å²) >= 11 is 0. The Hall–Kier alpha value is -0.730. The summed E-state index contributed by atoms with van der Waals surface area (Å²) in [6.07, 6.45) is -6.21. The Balaban J connectivity index is 2.87. The first-order valence-electron chi connectivity index (χ1n) is 4.33. The minimum atomic E-state index is -1.59. The van der Waals surface area contributed by atoms with Crippen LogP contribution in [-0.2, 0) is 19.0 Å². The molecule has 1 aliphatic heterocycles.